The summed E-state index contributed by atoms with van der Waals surface area (Å²) in [4.78, 5) is 28.5. The predicted molar refractivity (Wildman–Crippen MR) is 99.0 cm³/mol. The van der Waals surface area contributed by atoms with Gasteiger partial charge in [-0.25, -0.2) is 4.39 Å². The Kier molecular flexibility index (Phi) is 4.66. The van der Waals surface area contributed by atoms with Crippen molar-refractivity contribution >= 4 is 17.5 Å². The number of rotatable bonds is 2. The fourth-order valence-corrected chi connectivity index (χ4v) is 3.88. The van der Waals surface area contributed by atoms with Gasteiger partial charge in [0, 0.05) is 12.2 Å². The first-order valence-electron chi connectivity index (χ1n) is 9.11. The Balaban J connectivity index is 1.56. The summed E-state index contributed by atoms with van der Waals surface area (Å²) >= 11 is 0. The van der Waals surface area contributed by atoms with Crippen molar-refractivity contribution in [2.24, 2.45) is 0 Å². The minimum Gasteiger partial charge on any atom is -0.361 e. The van der Waals surface area contributed by atoms with Gasteiger partial charge in [-0.05, 0) is 37.1 Å². The Hall–Kier alpha value is -2.73. The molecule has 27 heavy (non-hydrogen) atoms. The molecule has 140 valence electrons. The number of carbonyl (C=O) groups excluding carboxylic acids is 2. The third-order valence-electron chi connectivity index (χ3n) is 5.25. The largest absolute Gasteiger partial charge is 0.361 e. The lowest BCUT2D eigenvalue weighted by atomic mass is 9.90. The summed E-state index contributed by atoms with van der Waals surface area (Å²) in [7, 11) is 0. The normalized spacial score (nSPS) is 22.9. The van der Waals surface area contributed by atoms with Gasteiger partial charge in [0.1, 0.15) is 18.0 Å². The van der Waals surface area contributed by atoms with Crippen molar-refractivity contribution in [2.45, 2.75) is 18.4 Å². The summed E-state index contributed by atoms with van der Waals surface area (Å²) in [6.07, 6.45) is 1.50. The van der Waals surface area contributed by atoms with Crippen LogP contribution in [0.5, 0.6) is 0 Å². The minimum absolute atomic E-state index is 0.0172. The van der Waals surface area contributed by atoms with Gasteiger partial charge in [-0.2, -0.15) is 0 Å². The van der Waals surface area contributed by atoms with Crippen LogP contribution < -0.4 is 4.90 Å². The van der Waals surface area contributed by atoms with Gasteiger partial charge in [0.05, 0.1) is 18.7 Å². The van der Waals surface area contributed by atoms with Crippen LogP contribution in [0.2, 0.25) is 0 Å². The van der Waals surface area contributed by atoms with Crippen molar-refractivity contribution in [1.82, 2.24) is 4.90 Å². The molecule has 2 aromatic rings. The molecule has 0 aliphatic carbocycles. The Labute approximate surface area is 157 Å². The second-order valence-corrected chi connectivity index (χ2v) is 7.10. The number of ether oxygens (including phenoxy) is 1. The van der Waals surface area contributed by atoms with Gasteiger partial charge in [-0.3, -0.25) is 9.59 Å². The Bertz CT molecular complexity index is 858. The maximum Gasteiger partial charge on any atom is 0.256 e. The fraction of sp³-hybridized carbons (Fsp3) is 0.333. The monoisotopic (exact) mass is 368 g/mol. The summed E-state index contributed by atoms with van der Waals surface area (Å²) in [5, 5.41) is 0. The van der Waals surface area contributed by atoms with Crippen LogP contribution in [0.4, 0.5) is 10.1 Å². The molecule has 5 nitrogen and oxygen atoms in total. The Morgan fingerprint density at radius 3 is 2.56 bits per heavy atom. The van der Waals surface area contributed by atoms with Crippen molar-refractivity contribution in [2.75, 3.05) is 31.1 Å². The molecule has 0 saturated carbocycles. The van der Waals surface area contributed by atoms with Crippen LogP contribution in [-0.2, 0) is 9.53 Å². The van der Waals surface area contributed by atoms with E-state index in [4.69, 9.17) is 4.74 Å². The van der Waals surface area contributed by atoms with Crippen LogP contribution >= 0.6 is 0 Å². The molecule has 1 atom stereocenters. The van der Waals surface area contributed by atoms with Crippen LogP contribution in [0.25, 0.3) is 0 Å². The average Bonchev–Trinajstić information content (AvgIpc) is 2.71. The number of piperidine rings is 1. The van der Waals surface area contributed by atoms with E-state index in [-0.39, 0.29) is 24.0 Å². The van der Waals surface area contributed by atoms with E-state index >= 15 is 0 Å². The zero-order chi connectivity index (χ0) is 18.9. The van der Waals surface area contributed by atoms with Gasteiger partial charge in [0.15, 0.2) is 0 Å². The van der Waals surface area contributed by atoms with E-state index in [0.29, 0.717) is 19.6 Å². The molecule has 2 aromatic carbocycles. The van der Waals surface area contributed by atoms with Crippen molar-refractivity contribution in [3.8, 4) is 0 Å². The highest BCUT2D eigenvalue weighted by atomic mass is 19.1. The topological polar surface area (TPSA) is 49.9 Å². The van der Waals surface area contributed by atoms with Gasteiger partial charge < -0.3 is 14.5 Å². The molecular formula is C21H21FN2O3. The second-order valence-electron chi connectivity index (χ2n) is 7.10. The average molecular weight is 368 g/mol. The van der Waals surface area contributed by atoms with Gasteiger partial charge in [0.25, 0.3) is 11.8 Å². The molecule has 0 N–H and O–H groups in total. The van der Waals surface area contributed by atoms with Crippen molar-refractivity contribution in [1.29, 1.82) is 0 Å². The first-order chi connectivity index (χ1) is 13.1. The lowest BCUT2D eigenvalue weighted by Crippen LogP contribution is -2.62. The van der Waals surface area contributed by atoms with E-state index in [1.807, 2.05) is 30.3 Å². The third kappa shape index (κ3) is 3.45. The maximum absolute atomic E-state index is 14.0. The summed E-state index contributed by atoms with van der Waals surface area (Å²) in [6.45, 7) is 1.27. The van der Waals surface area contributed by atoms with E-state index < -0.39 is 11.4 Å². The third-order valence-corrected chi connectivity index (χ3v) is 5.25. The fourth-order valence-electron chi connectivity index (χ4n) is 3.88. The standard InChI is InChI=1S/C21H21FN2O3/c22-18-10-5-4-9-17(18)20(26)23-12-6-11-21(14-23)15-24(19(25)13-27-21)16-7-2-1-3-8-16/h1-5,7-10H,6,11-15H2. The molecule has 0 bridgehead atoms. The Morgan fingerprint density at radius 2 is 1.78 bits per heavy atom. The molecule has 2 saturated heterocycles. The number of hydrogen-bond donors (Lipinski definition) is 0. The molecule has 2 heterocycles. The van der Waals surface area contributed by atoms with Crippen LogP contribution in [0.15, 0.2) is 54.6 Å². The number of morpholine rings is 1. The highest BCUT2D eigenvalue weighted by molar-refractivity contribution is 5.96. The number of amides is 2. The highest BCUT2D eigenvalue weighted by Gasteiger charge is 2.44. The molecule has 2 amide bonds. The first kappa shape index (κ1) is 17.7. The molecule has 2 fully saturated rings. The zero-order valence-electron chi connectivity index (χ0n) is 14.9. The highest BCUT2D eigenvalue weighted by Crippen LogP contribution is 2.32. The SMILES string of the molecule is O=C(c1ccccc1F)N1CCCC2(C1)CN(c1ccccc1)C(=O)CO2. The number of nitrogens with zero attached hydrogens (tertiary/aromatic N) is 2. The van der Waals surface area contributed by atoms with Crippen LogP contribution in [-0.4, -0.2) is 48.6 Å². The van der Waals surface area contributed by atoms with Gasteiger partial charge in [0.2, 0.25) is 0 Å². The zero-order valence-corrected chi connectivity index (χ0v) is 14.9. The lowest BCUT2D eigenvalue weighted by molar-refractivity contribution is -0.144. The number of hydrogen-bond acceptors (Lipinski definition) is 3. The van der Waals surface area contributed by atoms with E-state index in [1.165, 1.54) is 12.1 Å². The van der Waals surface area contributed by atoms with E-state index in [9.17, 15) is 14.0 Å². The Morgan fingerprint density at radius 1 is 1.04 bits per heavy atom. The number of halogens is 1. The quantitative estimate of drug-likeness (QED) is 0.819. The maximum atomic E-state index is 14.0. The van der Waals surface area contributed by atoms with E-state index in [2.05, 4.69) is 0 Å². The van der Waals surface area contributed by atoms with E-state index in [0.717, 1.165) is 18.5 Å². The van der Waals surface area contributed by atoms with Crippen molar-refractivity contribution < 1.29 is 18.7 Å². The van der Waals surface area contributed by atoms with Crippen LogP contribution in [0.1, 0.15) is 23.2 Å². The smallest absolute Gasteiger partial charge is 0.256 e. The molecule has 1 unspecified atom stereocenters. The summed E-state index contributed by atoms with van der Waals surface area (Å²) in [6, 6.07) is 15.5. The second kappa shape index (κ2) is 7.12. The molecule has 2 aliphatic rings. The molecule has 0 radical (unpaired) electrons. The van der Waals surface area contributed by atoms with E-state index in [1.54, 1.807) is 21.9 Å². The van der Waals surface area contributed by atoms with Gasteiger partial charge in [-0.1, -0.05) is 30.3 Å². The molecule has 0 aromatic heterocycles. The molecule has 4 rings (SSSR count). The summed E-state index contributed by atoms with van der Waals surface area (Å²) in [5.41, 5.74) is 0.271. The summed E-state index contributed by atoms with van der Waals surface area (Å²) < 4.78 is 20.0. The lowest BCUT2D eigenvalue weighted by Gasteiger charge is -2.47. The molecular weight excluding hydrogens is 347 g/mol. The van der Waals surface area contributed by atoms with Crippen LogP contribution in [0.3, 0.4) is 0 Å². The number of carbonyl (C=O) groups is 2. The van der Waals surface area contributed by atoms with Crippen molar-refractivity contribution in [3.63, 3.8) is 0 Å². The summed E-state index contributed by atoms with van der Waals surface area (Å²) in [5.74, 6) is -0.948. The minimum atomic E-state index is -0.622. The van der Waals surface area contributed by atoms with Gasteiger partial charge >= 0.3 is 0 Å². The molecule has 2 aliphatic heterocycles. The number of anilines is 1. The number of likely N-dealkylation sites (tertiary alicyclic amines) is 1. The number of para-hydroxylation sites is 1. The van der Waals surface area contributed by atoms with Crippen molar-refractivity contribution in [3.05, 3.63) is 66.0 Å². The predicted octanol–water partition coefficient (Wildman–Crippen LogP) is 2.86. The van der Waals surface area contributed by atoms with Gasteiger partial charge in [-0.15, -0.1) is 0 Å². The van der Waals surface area contributed by atoms with Crippen LogP contribution in [0, 0.1) is 5.82 Å². The first-order valence-corrected chi connectivity index (χ1v) is 9.11. The molecule has 1 spiro atoms. The molecule has 6 heteroatoms. The number of benzene rings is 2.